The lowest BCUT2D eigenvalue weighted by Crippen LogP contribution is -2.32. The number of rotatable bonds is 10. The van der Waals surface area contributed by atoms with Crippen molar-refractivity contribution >= 4 is 33.2 Å². The molecule has 0 heterocycles. The first kappa shape index (κ1) is 27.5. The van der Waals surface area contributed by atoms with E-state index in [2.05, 4.69) is 10.6 Å². The van der Waals surface area contributed by atoms with Crippen molar-refractivity contribution in [1.82, 2.24) is 5.32 Å². The predicted molar refractivity (Wildman–Crippen MR) is 143 cm³/mol. The SMILES string of the molecule is CC[C@H](C)NC(=O)c1ccccc1NC(=O)c1ccc(N(C)S(=O)(=O)c2ccc(OC)c(OC)c2)cc1. The van der Waals surface area contributed by atoms with Crippen LogP contribution in [0, 0.1) is 0 Å². The number of hydrogen-bond donors (Lipinski definition) is 2. The standard InChI is InChI=1S/C27H31N3O6S/c1-6-18(2)28-27(32)22-9-7-8-10-23(22)29-26(31)19-11-13-20(14-12-19)30(3)37(33,34)21-15-16-24(35-4)25(17-21)36-5/h7-18H,6H2,1-5H3,(H,28,32)(H,29,31)/t18-/m0/s1. The zero-order chi connectivity index (χ0) is 27.2. The van der Waals surface area contributed by atoms with Crippen molar-refractivity contribution in [3.8, 4) is 11.5 Å². The van der Waals surface area contributed by atoms with Gasteiger partial charge in [-0.25, -0.2) is 8.42 Å². The number of amides is 2. The Labute approximate surface area is 217 Å². The monoisotopic (exact) mass is 525 g/mol. The van der Waals surface area contributed by atoms with Gasteiger partial charge in [0.2, 0.25) is 0 Å². The van der Waals surface area contributed by atoms with Crippen molar-refractivity contribution in [2.24, 2.45) is 0 Å². The molecule has 10 heteroatoms. The van der Waals surface area contributed by atoms with Crippen molar-refractivity contribution < 1.29 is 27.5 Å². The van der Waals surface area contributed by atoms with Crippen LogP contribution in [0.15, 0.2) is 71.6 Å². The molecular weight excluding hydrogens is 494 g/mol. The molecule has 3 rings (SSSR count). The molecule has 0 aromatic heterocycles. The fourth-order valence-electron chi connectivity index (χ4n) is 3.48. The molecule has 0 saturated heterocycles. The summed E-state index contributed by atoms with van der Waals surface area (Å²) in [5, 5.41) is 5.66. The molecule has 3 aromatic carbocycles. The molecule has 1 atom stereocenters. The molecule has 0 saturated carbocycles. The van der Waals surface area contributed by atoms with Crippen LogP contribution < -0.4 is 24.4 Å². The Morgan fingerprint density at radius 1 is 0.919 bits per heavy atom. The molecule has 9 nitrogen and oxygen atoms in total. The van der Waals surface area contributed by atoms with Gasteiger partial charge in [0, 0.05) is 24.7 Å². The predicted octanol–water partition coefficient (Wildman–Crippen LogP) is 4.31. The molecule has 0 aliphatic heterocycles. The maximum absolute atomic E-state index is 13.2. The van der Waals surface area contributed by atoms with Crippen LogP contribution in [0.4, 0.5) is 11.4 Å². The van der Waals surface area contributed by atoms with Crippen LogP contribution in [0.25, 0.3) is 0 Å². The minimum absolute atomic E-state index is 0.00364. The third kappa shape index (κ3) is 6.21. The van der Waals surface area contributed by atoms with E-state index >= 15 is 0 Å². The Bertz CT molecular complexity index is 1370. The molecule has 0 unspecified atom stereocenters. The van der Waals surface area contributed by atoms with Crippen molar-refractivity contribution in [3.05, 3.63) is 77.9 Å². The highest BCUT2D eigenvalue weighted by atomic mass is 32.2. The second-order valence-electron chi connectivity index (χ2n) is 8.32. The van der Waals surface area contributed by atoms with Gasteiger partial charge in [0.25, 0.3) is 21.8 Å². The van der Waals surface area contributed by atoms with Gasteiger partial charge in [0.15, 0.2) is 11.5 Å². The number of methoxy groups -OCH3 is 2. The number of nitrogens with zero attached hydrogens (tertiary/aromatic N) is 1. The number of hydrogen-bond acceptors (Lipinski definition) is 6. The fourth-order valence-corrected chi connectivity index (χ4v) is 4.70. The van der Waals surface area contributed by atoms with Crippen LogP contribution in [0.1, 0.15) is 41.0 Å². The van der Waals surface area contributed by atoms with Gasteiger partial charge in [0.1, 0.15) is 0 Å². The van der Waals surface area contributed by atoms with Crippen molar-refractivity contribution in [2.75, 3.05) is 30.9 Å². The van der Waals surface area contributed by atoms with Crippen molar-refractivity contribution in [3.63, 3.8) is 0 Å². The molecule has 2 amide bonds. The number of anilines is 2. The summed E-state index contributed by atoms with van der Waals surface area (Å²) in [7, 11) is 0.415. The van der Waals surface area contributed by atoms with E-state index in [4.69, 9.17) is 9.47 Å². The Morgan fingerprint density at radius 3 is 2.19 bits per heavy atom. The number of para-hydroxylation sites is 1. The number of carbonyl (C=O) groups excluding carboxylic acids is 2. The fraction of sp³-hybridized carbons (Fsp3) is 0.259. The Morgan fingerprint density at radius 2 is 1.57 bits per heavy atom. The van der Waals surface area contributed by atoms with Gasteiger partial charge < -0.3 is 20.1 Å². The first-order valence-electron chi connectivity index (χ1n) is 11.6. The average molecular weight is 526 g/mol. The smallest absolute Gasteiger partial charge is 0.264 e. The van der Waals surface area contributed by atoms with Crippen molar-refractivity contribution in [1.29, 1.82) is 0 Å². The summed E-state index contributed by atoms with van der Waals surface area (Å²) in [6, 6.07) is 17.2. The Kier molecular flexibility index (Phi) is 8.77. The lowest BCUT2D eigenvalue weighted by atomic mass is 10.1. The summed E-state index contributed by atoms with van der Waals surface area (Å²) in [6.07, 6.45) is 0.781. The first-order chi connectivity index (χ1) is 17.6. The molecule has 0 aliphatic carbocycles. The molecular formula is C27H31N3O6S. The minimum atomic E-state index is -3.91. The third-order valence-corrected chi connectivity index (χ3v) is 7.70. The quantitative estimate of drug-likeness (QED) is 0.408. The normalized spacial score (nSPS) is 11.8. The summed E-state index contributed by atoms with van der Waals surface area (Å²) >= 11 is 0. The van der Waals surface area contributed by atoms with Crippen molar-refractivity contribution in [2.45, 2.75) is 31.2 Å². The van der Waals surface area contributed by atoms with E-state index in [1.165, 1.54) is 63.7 Å². The average Bonchev–Trinajstić information content (AvgIpc) is 2.92. The van der Waals surface area contributed by atoms with Gasteiger partial charge in [0.05, 0.1) is 36.1 Å². The molecule has 0 spiro atoms. The third-order valence-electron chi connectivity index (χ3n) is 5.92. The molecule has 0 aliphatic rings. The van der Waals surface area contributed by atoms with Gasteiger partial charge in [-0.1, -0.05) is 19.1 Å². The molecule has 3 aromatic rings. The van der Waals surface area contributed by atoms with E-state index < -0.39 is 15.9 Å². The number of sulfonamides is 1. The number of benzene rings is 3. The van der Waals surface area contributed by atoms with E-state index in [-0.39, 0.29) is 16.8 Å². The minimum Gasteiger partial charge on any atom is -0.493 e. The van der Waals surface area contributed by atoms with Crippen LogP contribution in [-0.2, 0) is 10.0 Å². The molecule has 0 bridgehead atoms. The zero-order valence-electron chi connectivity index (χ0n) is 21.4. The van der Waals surface area contributed by atoms with Gasteiger partial charge in [-0.15, -0.1) is 0 Å². The summed E-state index contributed by atoms with van der Waals surface area (Å²) in [6.45, 7) is 3.88. The maximum Gasteiger partial charge on any atom is 0.264 e. The van der Waals surface area contributed by atoms with E-state index in [0.717, 1.165) is 10.7 Å². The van der Waals surface area contributed by atoms with E-state index in [0.29, 0.717) is 34.0 Å². The van der Waals surface area contributed by atoms with Gasteiger partial charge in [-0.2, -0.15) is 0 Å². The number of nitrogens with one attached hydrogen (secondary N) is 2. The van der Waals surface area contributed by atoms with Gasteiger partial charge in [-0.05, 0) is 61.9 Å². The van der Waals surface area contributed by atoms with Gasteiger partial charge >= 0.3 is 0 Å². The maximum atomic E-state index is 13.2. The largest absolute Gasteiger partial charge is 0.493 e. The van der Waals surface area contributed by atoms with Crippen LogP contribution in [0.2, 0.25) is 0 Å². The molecule has 37 heavy (non-hydrogen) atoms. The summed E-state index contributed by atoms with van der Waals surface area (Å²) in [5.74, 6) is 0.00356. The summed E-state index contributed by atoms with van der Waals surface area (Å²) < 4.78 is 37.9. The topological polar surface area (TPSA) is 114 Å². The summed E-state index contributed by atoms with van der Waals surface area (Å²) in [5.41, 5.74) is 1.40. The van der Waals surface area contributed by atoms with E-state index in [9.17, 15) is 18.0 Å². The lowest BCUT2D eigenvalue weighted by Gasteiger charge is -2.20. The molecule has 0 fully saturated rings. The van der Waals surface area contributed by atoms with E-state index in [1.807, 2.05) is 13.8 Å². The second-order valence-corrected chi connectivity index (χ2v) is 10.3. The highest BCUT2D eigenvalue weighted by Crippen LogP contribution is 2.31. The van der Waals surface area contributed by atoms with Crippen LogP contribution in [0.3, 0.4) is 0 Å². The summed E-state index contributed by atoms with van der Waals surface area (Å²) in [4.78, 5) is 25.5. The molecule has 0 radical (unpaired) electrons. The number of ether oxygens (including phenoxy) is 2. The second kappa shape index (κ2) is 11.8. The van der Waals surface area contributed by atoms with E-state index in [1.54, 1.807) is 24.3 Å². The lowest BCUT2D eigenvalue weighted by molar-refractivity contribution is 0.0940. The van der Waals surface area contributed by atoms with Crippen LogP contribution in [-0.4, -0.2) is 47.5 Å². The first-order valence-corrected chi connectivity index (χ1v) is 13.1. The zero-order valence-corrected chi connectivity index (χ0v) is 22.3. The highest BCUT2D eigenvalue weighted by Gasteiger charge is 2.23. The van der Waals surface area contributed by atoms with Crippen LogP contribution in [0.5, 0.6) is 11.5 Å². The van der Waals surface area contributed by atoms with Crippen LogP contribution >= 0.6 is 0 Å². The van der Waals surface area contributed by atoms with Gasteiger partial charge in [-0.3, -0.25) is 13.9 Å². The molecule has 196 valence electrons. The number of carbonyl (C=O) groups is 2. The highest BCUT2D eigenvalue weighted by molar-refractivity contribution is 7.92. The Hall–Kier alpha value is -4.05. The Balaban J connectivity index is 1.78. The molecule has 2 N–H and O–H groups in total.